The molecule has 2 aromatic carbocycles. The van der Waals surface area contributed by atoms with Crippen LogP contribution < -0.4 is 10.6 Å². The van der Waals surface area contributed by atoms with Gasteiger partial charge in [0, 0.05) is 17.5 Å². The number of carbonyl (C=O) groups excluding carboxylic acids is 2. The van der Waals surface area contributed by atoms with Gasteiger partial charge in [-0.1, -0.05) is 47.4 Å². The number of anilines is 3. The van der Waals surface area contributed by atoms with E-state index in [0.717, 1.165) is 16.8 Å². The van der Waals surface area contributed by atoms with Crippen molar-refractivity contribution in [2.24, 2.45) is 0 Å². The fraction of sp³-hybridized carbons (Fsp3) is 0.182. The summed E-state index contributed by atoms with van der Waals surface area (Å²) in [4.78, 5) is 23.6. The van der Waals surface area contributed by atoms with Crippen LogP contribution in [0.4, 0.5) is 16.5 Å². The highest BCUT2D eigenvalue weighted by atomic mass is 32.2. The number of aromatic nitrogens is 2. The number of hydrogen-bond acceptors (Lipinski definition) is 8. The van der Waals surface area contributed by atoms with Crippen LogP contribution in [0.5, 0.6) is 0 Å². The number of nitrogens with zero attached hydrogens (tertiary/aromatic N) is 2. The van der Waals surface area contributed by atoms with Gasteiger partial charge in [-0.25, -0.2) is 4.79 Å². The van der Waals surface area contributed by atoms with Crippen LogP contribution in [0.2, 0.25) is 0 Å². The van der Waals surface area contributed by atoms with E-state index in [2.05, 4.69) is 20.8 Å². The summed E-state index contributed by atoms with van der Waals surface area (Å²) in [5.74, 6) is -0.294. The summed E-state index contributed by atoms with van der Waals surface area (Å²) in [6.45, 7) is 4.13. The predicted molar refractivity (Wildman–Crippen MR) is 126 cm³/mol. The van der Waals surface area contributed by atoms with E-state index in [1.54, 1.807) is 25.1 Å². The molecule has 2 N–H and O–H groups in total. The zero-order valence-corrected chi connectivity index (χ0v) is 18.8. The fourth-order valence-electron chi connectivity index (χ4n) is 2.52. The van der Waals surface area contributed by atoms with Gasteiger partial charge >= 0.3 is 5.97 Å². The molecular weight excluding hydrogens is 432 g/mol. The molecule has 0 bridgehead atoms. The second-order valence-corrected chi connectivity index (χ2v) is 8.61. The van der Waals surface area contributed by atoms with E-state index in [-0.39, 0.29) is 17.6 Å². The van der Waals surface area contributed by atoms with Gasteiger partial charge in [-0.05, 0) is 55.3 Å². The third-order valence-electron chi connectivity index (χ3n) is 3.90. The smallest absolute Gasteiger partial charge is 0.330 e. The molecule has 0 saturated carbocycles. The Bertz CT molecular complexity index is 1060. The highest BCUT2D eigenvalue weighted by Crippen LogP contribution is 2.28. The standard InChI is InChI=1S/C22H22N4O3S2/c1-3-29-20(28)12-9-16-7-10-17(11-8-16)23-19(27)14-30-22-26-25-21(31-22)24-18-6-4-5-15(2)13-18/h4-13H,3,14H2,1-2H3,(H,23,27)(H,24,25)/b12-9+. The molecular formula is C22H22N4O3S2. The third kappa shape index (κ3) is 7.54. The number of benzene rings is 2. The topological polar surface area (TPSA) is 93.2 Å². The lowest BCUT2D eigenvalue weighted by molar-refractivity contribution is -0.137. The number of rotatable bonds is 9. The Morgan fingerprint density at radius 2 is 1.94 bits per heavy atom. The average Bonchev–Trinajstić information content (AvgIpc) is 3.19. The van der Waals surface area contributed by atoms with Crippen molar-refractivity contribution >= 4 is 57.6 Å². The summed E-state index contributed by atoms with van der Waals surface area (Å²) in [6.07, 6.45) is 3.04. The van der Waals surface area contributed by atoms with Gasteiger partial charge < -0.3 is 15.4 Å². The van der Waals surface area contributed by atoms with Crippen molar-refractivity contribution in [1.29, 1.82) is 0 Å². The minimum Gasteiger partial charge on any atom is -0.463 e. The molecule has 0 unspecified atom stereocenters. The summed E-state index contributed by atoms with van der Waals surface area (Å²) in [6, 6.07) is 15.2. The first-order valence-corrected chi connectivity index (χ1v) is 11.4. The molecule has 0 spiro atoms. The van der Waals surface area contributed by atoms with Crippen LogP contribution in [-0.4, -0.2) is 34.4 Å². The Kier molecular flexibility index (Phi) is 8.19. The number of carbonyl (C=O) groups is 2. The van der Waals surface area contributed by atoms with Crippen molar-refractivity contribution in [2.45, 2.75) is 18.2 Å². The van der Waals surface area contributed by atoms with E-state index < -0.39 is 0 Å². The van der Waals surface area contributed by atoms with Gasteiger partial charge in [0.15, 0.2) is 4.34 Å². The first-order chi connectivity index (χ1) is 15.0. The number of thioether (sulfide) groups is 1. The quantitative estimate of drug-likeness (QED) is 0.270. The molecule has 3 aromatic rings. The Morgan fingerprint density at radius 3 is 2.68 bits per heavy atom. The first-order valence-electron chi connectivity index (χ1n) is 9.56. The molecule has 0 radical (unpaired) electrons. The maximum Gasteiger partial charge on any atom is 0.330 e. The van der Waals surface area contributed by atoms with Gasteiger partial charge in [0.05, 0.1) is 12.4 Å². The molecule has 0 saturated heterocycles. The highest BCUT2D eigenvalue weighted by Gasteiger charge is 2.09. The van der Waals surface area contributed by atoms with Crippen molar-refractivity contribution in [3.8, 4) is 0 Å². The van der Waals surface area contributed by atoms with Crippen molar-refractivity contribution in [3.05, 3.63) is 65.7 Å². The minimum absolute atomic E-state index is 0.136. The van der Waals surface area contributed by atoms with E-state index in [1.165, 1.54) is 29.2 Å². The number of aryl methyl sites for hydroxylation is 1. The van der Waals surface area contributed by atoms with Gasteiger partial charge in [0.1, 0.15) is 0 Å². The molecule has 0 aliphatic heterocycles. The van der Waals surface area contributed by atoms with E-state index in [9.17, 15) is 9.59 Å². The van der Waals surface area contributed by atoms with E-state index >= 15 is 0 Å². The van der Waals surface area contributed by atoms with Gasteiger partial charge in [-0.2, -0.15) is 0 Å². The summed E-state index contributed by atoms with van der Waals surface area (Å²) in [7, 11) is 0. The third-order valence-corrected chi connectivity index (χ3v) is 5.87. The summed E-state index contributed by atoms with van der Waals surface area (Å²) >= 11 is 2.73. The van der Waals surface area contributed by atoms with Gasteiger partial charge in [-0.3, -0.25) is 4.79 Å². The van der Waals surface area contributed by atoms with Crippen LogP contribution in [0.25, 0.3) is 6.08 Å². The number of esters is 1. The molecule has 0 aliphatic carbocycles. The highest BCUT2D eigenvalue weighted by molar-refractivity contribution is 8.01. The average molecular weight is 455 g/mol. The predicted octanol–water partition coefficient (Wildman–Crippen LogP) is 4.90. The molecule has 9 heteroatoms. The number of nitrogens with one attached hydrogen (secondary N) is 2. The van der Waals surface area contributed by atoms with Gasteiger partial charge in [0.2, 0.25) is 11.0 Å². The zero-order chi connectivity index (χ0) is 22.1. The zero-order valence-electron chi connectivity index (χ0n) is 17.1. The molecule has 1 aromatic heterocycles. The SMILES string of the molecule is CCOC(=O)/C=C/c1ccc(NC(=O)CSc2nnc(Nc3cccc(C)c3)s2)cc1. The van der Waals surface area contributed by atoms with Crippen molar-refractivity contribution < 1.29 is 14.3 Å². The summed E-state index contributed by atoms with van der Waals surface area (Å²) in [5.41, 5.74) is 3.62. The number of ether oxygens (including phenoxy) is 1. The largest absolute Gasteiger partial charge is 0.463 e. The van der Waals surface area contributed by atoms with Gasteiger partial charge in [-0.15, -0.1) is 10.2 Å². The lowest BCUT2D eigenvalue weighted by atomic mass is 10.2. The Hall–Kier alpha value is -3.17. The van der Waals surface area contributed by atoms with Crippen molar-refractivity contribution in [1.82, 2.24) is 10.2 Å². The summed E-state index contributed by atoms with van der Waals surface area (Å²) in [5, 5.41) is 15.0. The van der Waals surface area contributed by atoms with Crippen LogP contribution in [0.3, 0.4) is 0 Å². The summed E-state index contributed by atoms with van der Waals surface area (Å²) < 4.78 is 5.55. The van der Waals surface area contributed by atoms with E-state index in [1.807, 2.05) is 43.3 Å². The monoisotopic (exact) mass is 454 g/mol. The Balaban J connectivity index is 1.46. The molecule has 31 heavy (non-hydrogen) atoms. The first kappa shape index (κ1) is 22.5. The molecule has 1 amide bonds. The van der Waals surface area contributed by atoms with E-state index in [0.29, 0.717) is 21.8 Å². The van der Waals surface area contributed by atoms with Gasteiger partial charge in [0.25, 0.3) is 0 Å². The van der Waals surface area contributed by atoms with Crippen LogP contribution in [0, 0.1) is 6.92 Å². The molecule has 0 aliphatic rings. The maximum absolute atomic E-state index is 12.2. The second-order valence-electron chi connectivity index (χ2n) is 6.41. The minimum atomic E-state index is -0.383. The lowest BCUT2D eigenvalue weighted by Gasteiger charge is -2.04. The number of hydrogen-bond donors (Lipinski definition) is 2. The maximum atomic E-state index is 12.2. The van der Waals surface area contributed by atoms with Crippen LogP contribution in [0.15, 0.2) is 58.9 Å². The molecule has 1 heterocycles. The fourth-order valence-corrected chi connectivity index (χ4v) is 4.09. The molecule has 7 nitrogen and oxygen atoms in total. The lowest BCUT2D eigenvalue weighted by Crippen LogP contribution is -2.13. The van der Waals surface area contributed by atoms with Crippen molar-refractivity contribution in [3.63, 3.8) is 0 Å². The molecule has 0 fully saturated rings. The molecule has 0 atom stereocenters. The normalized spacial score (nSPS) is 10.8. The number of amides is 1. The molecule has 160 valence electrons. The molecule has 3 rings (SSSR count). The van der Waals surface area contributed by atoms with Crippen LogP contribution >= 0.6 is 23.1 Å². The van der Waals surface area contributed by atoms with Crippen LogP contribution in [0.1, 0.15) is 18.1 Å². The van der Waals surface area contributed by atoms with E-state index in [4.69, 9.17) is 4.74 Å². The van der Waals surface area contributed by atoms with Crippen molar-refractivity contribution in [2.75, 3.05) is 23.0 Å². The second kappa shape index (κ2) is 11.3. The Morgan fingerprint density at radius 1 is 1.13 bits per heavy atom. The Labute approximate surface area is 188 Å². The van der Waals surface area contributed by atoms with Crippen LogP contribution in [-0.2, 0) is 14.3 Å².